The topological polar surface area (TPSA) is 46.7 Å². The molecule has 0 bridgehead atoms. The van der Waals surface area contributed by atoms with Crippen LogP contribution in [0.15, 0.2) is 162 Å². The van der Waals surface area contributed by atoms with E-state index in [1.807, 2.05) is 71.0 Å². The Bertz CT molecular complexity index is 4870. The maximum Gasteiger partial charge on any atom is 0.139 e. The van der Waals surface area contributed by atoms with Gasteiger partial charge in [-0.3, -0.25) is 0 Å². The number of aromatic nitrogens is 2. The van der Waals surface area contributed by atoms with Crippen molar-refractivity contribution in [2.24, 2.45) is 0 Å². The molecule has 4 heterocycles. The van der Waals surface area contributed by atoms with E-state index < -0.39 is 71.3 Å². The van der Waals surface area contributed by atoms with Crippen molar-refractivity contribution in [2.45, 2.75) is 119 Å². The van der Waals surface area contributed by atoms with Crippen LogP contribution in [0.25, 0.3) is 71.8 Å². The monoisotopic (exact) mass is 1230 g/mol. The fourth-order valence-corrected chi connectivity index (χ4v) is 11.3. The van der Waals surface area contributed by atoms with E-state index in [0.717, 1.165) is 16.7 Å². The Balaban J connectivity index is 0.00000884. The van der Waals surface area contributed by atoms with E-state index in [9.17, 15) is 11.0 Å². The van der Waals surface area contributed by atoms with Crippen molar-refractivity contribution in [1.82, 2.24) is 9.55 Å². The van der Waals surface area contributed by atoms with Crippen molar-refractivity contribution < 1.29 is 49.4 Å². The second-order valence-electron chi connectivity index (χ2n) is 24.4. The SMILES string of the molecule is [2H]c1c([2H])c([2H])c(-c2c(C)c(C(C)(C)C)c(C)c(-c3c([2H])c([2H])c([2H])c([2H])c3[2H])c2N2[CH-]N(c3[c-]c(Oc4[c-]c5c(c([2H])c4[2H])c4c6oc7c(C(C)(C)C)cc(C(C)(C)C)cc7c6c([2H])c([2H])c4n5-c4cc(C(C)(C)C)ccn4)ccc3)c3ccccc32)c([2H])c1[2H].[Pt]. The maximum absolute atomic E-state index is 10.00. The van der Waals surface area contributed by atoms with Gasteiger partial charge in [-0.25, -0.2) is 4.98 Å². The van der Waals surface area contributed by atoms with Gasteiger partial charge in [-0.1, -0.05) is 173 Å². The molecule has 0 saturated carbocycles. The van der Waals surface area contributed by atoms with E-state index in [-0.39, 0.29) is 112 Å². The quantitative estimate of drug-likeness (QED) is 0.149. The summed E-state index contributed by atoms with van der Waals surface area (Å²) >= 11 is 0. The Morgan fingerprint density at radius 1 is 0.570 bits per heavy atom. The Kier molecular flexibility index (Phi) is 9.61. The molecule has 8 aromatic carbocycles. The fourth-order valence-electron chi connectivity index (χ4n) is 11.3. The third-order valence-electron chi connectivity index (χ3n) is 14.9. The first kappa shape index (κ1) is 39.0. The first-order chi connectivity index (χ1) is 42.9. The van der Waals surface area contributed by atoms with Crippen molar-refractivity contribution in [3.05, 3.63) is 210 Å². The number of benzene rings is 8. The molecule has 0 aliphatic carbocycles. The standard InChI is InChI=1S/C72H69N4O2.Pt/c1-44-62(46-24-17-15-18-25-46)66(63(47-26-19-16-20-27-47)45(2)65(44)72(12,13)14)75-43-74(57-30-21-22-31-58(57)75)50-28-23-29-51(41-50)77-52-32-33-54-60(42-52)76(61-40-48(36-37-73-61)69(3,4)5)59-35-34-53-55-38-49(70(6,7)8)39-56(71(9,10)11)67(55)78-68(53)64(54)59;/h15-40,43H,1-14H3;/q-3;/i15D,16D,17D,18D,19D,20D,24D,25D,26D,27D,32D,33D,34D,35D;. The van der Waals surface area contributed by atoms with Gasteiger partial charge in [-0.2, -0.15) is 12.1 Å². The van der Waals surface area contributed by atoms with Crippen LogP contribution in [0.1, 0.15) is 136 Å². The Morgan fingerprint density at radius 3 is 1.80 bits per heavy atom. The fraction of sp³-hybridized carbons (Fsp3) is 0.250. The first-order valence-corrected chi connectivity index (χ1v) is 26.3. The molecular formula is C72H69N4O2Pt-3. The van der Waals surface area contributed by atoms with E-state index in [0.29, 0.717) is 66.9 Å². The van der Waals surface area contributed by atoms with Crippen LogP contribution in [0.3, 0.4) is 0 Å². The van der Waals surface area contributed by atoms with Crippen molar-refractivity contribution in [3.8, 4) is 39.6 Å². The van der Waals surface area contributed by atoms with E-state index in [1.165, 1.54) is 0 Å². The third-order valence-corrected chi connectivity index (χ3v) is 14.9. The van der Waals surface area contributed by atoms with Crippen molar-refractivity contribution in [3.63, 3.8) is 0 Å². The predicted molar refractivity (Wildman–Crippen MR) is 327 cm³/mol. The van der Waals surface area contributed by atoms with Crippen molar-refractivity contribution in [2.75, 3.05) is 9.80 Å². The van der Waals surface area contributed by atoms with Gasteiger partial charge in [0.15, 0.2) is 0 Å². The van der Waals surface area contributed by atoms with E-state index in [4.69, 9.17) is 22.4 Å². The van der Waals surface area contributed by atoms with Crippen LogP contribution in [0.5, 0.6) is 11.5 Å². The molecule has 12 rings (SSSR count). The number of rotatable bonds is 7. The summed E-state index contributed by atoms with van der Waals surface area (Å²) in [6.07, 6.45) is 1.69. The zero-order valence-corrected chi connectivity index (χ0v) is 49.2. The number of ether oxygens (including phenoxy) is 1. The molecule has 6 nitrogen and oxygen atoms in total. The van der Waals surface area contributed by atoms with Gasteiger partial charge in [0.05, 0.1) is 16.4 Å². The molecule has 0 spiro atoms. The van der Waals surface area contributed by atoms with E-state index >= 15 is 0 Å². The smallest absolute Gasteiger partial charge is 0.139 e. The number of para-hydroxylation sites is 2. The molecule has 0 fully saturated rings. The molecule has 0 unspecified atom stereocenters. The van der Waals surface area contributed by atoms with Gasteiger partial charge in [-0.15, -0.1) is 42.7 Å². The van der Waals surface area contributed by atoms with Crippen LogP contribution in [-0.4, -0.2) is 9.55 Å². The minimum Gasteiger partial charge on any atom is -0.509 e. The summed E-state index contributed by atoms with van der Waals surface area (Å²) in [7, 11) is 0. The van der Waals surface area contributed by atoms with Crippen LogP contribution < -0.4 is 14.5 Å². The minimum absolute atomic E-state index is 0. The molecular weight excluding hydrogens is 1150 g/mol. The summed E-state index contributed by atoms with van der Waals surface area (Å²) in [5, 5.41) is 1.71. The van der Waals surface area contributed by atoms with Crippen LogP contribution in [0.2, 0.25) is 0 Å². The molecule has 79 heavy (non-hydrogen) atoms. The van der Waals surface area contributed by atoms with Crippen LogP contribution in [0, 0.1) is 32.6 Å². The minimum atomic E-state index is -0.707. The van der Waals surface area contributed by atoms with Crippen LogP contribution in [-0.2, 0) is 42.7 Å². The number of hydrogen-bond donors (Lipinski definition) is 0. The number of anilines is 4. The summed E-state index contributed by atoms with van der Waals surface area (Å²) in [6, 6.07) is 20.9. The predicted octanol–water partition coefficient (Wildman–Crippen LogP) is 20.0. The molecule has 3 aromatic heterocycles. The molecule has 1 aliphatic rings. The molecule has 1 aliphatic heterocycles. The Hall–Kier alpha value is -7.40. The van der Waals surface area contributed by atoms with E-state index in [2.05, 4.69) is 80.5 Å². The van der Waals surface area contributed by atoms with E-state index in [1.54, 1.807) is 51.5 Å². The molecule has 402 valence electrons. The molecule has 0 atom stereocenters. The summed E-state index contributed by atoms with van der Waals surface area (Å²) in [4.78, 5) is 8.41. The van der Waals surface area contributed by atoms with Gasteiger partial charge in [0, 0.05) is 90.2 Å². The van der Waals surface area contributed by atoms with Crippen molar-refractivity contribution >= 4 is 66.5 Å². The van der Waals surface area contributed by atoms with Gasteiger partial charge in [-0.05, 0) is 124 Å². The number of pyridine rings is 1. The second-order valence-corrected chi connectivity index (χ2v) is 24.4. The van der Waals surface area contributed by atoms with Gasteiger partial charge in [0.1, 0.15) is 17.0 Å². The molecule has 0 amide bonds. The number of nitrogens with zero attached hydrogens (tertiary/aromatic N) is 4. The Labute approximate surface area is 501 Å². The van der Waals surface area contributed by atoms with Gasteiger partial charge in [0.25, 0.3) is 0 Å². The molecule has 0 saturated heterocycles. The molecule has 0 radical (unpaired) electrons. The summed E-state index contributed by atoms with van der Waals surface area (Å²) in [6.45, 7) is 30.2. The molecule has 7 heteroatoms. The third kappa shape index (κ3) is 9.24. The number of fused-ring (bicyclic) bond motifs is 8. The van der Waals surface area contributed by atoms with Crippen molar-refractivity contribution in [1.29, 1.82) is 0 Å². The molecule has 0 N–H and O–H groups in total. The zero-order valence-electron chi connectivity index (χ0n) is 60.9. The van der Waals surface area contributed by atoms with Gasteiger partial charge < -0.3 is 23.5 Å². The average molecular weight is 1230 g/mol. The number of furan rings is 1. The van der Waals surface area contributed by atoms with Crippen LogP contribution in [0.4, 0.5) is 22.7 Å². The summed E-state index contributed by atoms with van der Waals surface area (Å²) in [5.74, 6) is 0.333. The average Bonchev–Trinajstić information content (AvgIpc) is 1.61. The first-order valence-electron chi connectivity index (χ1n) is 33.3. The number of hydrogen-bond acceptors (Lipinski definition) is 5. The Morgan fingerprint density at radius 2 is 1.19 bits per heavy atom. The zero-order chi connectivity index (χ0) is 67.0. The second kappa shape index (κ2) is 19.4. The van der Waals surface area contributed by atoms with Crippen LogP contribution >= 0.6 is 0 Å². The normalized spacial score (nSPS) is 15.7. The molecule has 11 aromatic rings. The summed E-state index contributed by atoms with van der Waals surface area (Å²) < 4.78 is 146. The largest absolute Gasteiger partial charge is 0.509 e. The summed E-state index contributed by atoms with van der Waals surface area (Å²) in [5.41, 5.74) is 6.00. The maximum atomic E-state index is 10.00. The van der Waals surface area contributed by atoms with Gasteiger partial charge in [0.2, 0.25) is 0 Å². The van der Waals surface area contributed by atoms with Gasteiger partial charge >= 0.3 is 0 Å².